The largest absolute Gasteiger partial charge is 0.460 e. The van der Waals surface area contributed by atoms with E-state index in [0.29, 0.717) is 0 Å². The summed E-state index contributed by atoms with van der Waals surface area (Å²) in [6.45, 7) is 1.38. The number of unbranched alkanes of at least 4 members (excludes halogenated alkanes) is 3. The summed E-state index contributed by atoms with van der Waals surface area (Å²) in [5, 5.41) is 0. The summed E-state index contributed by atoms with van der Waals surface area (Å²) in [4.78, 5) is -0.111. The van der Waals surface area contributed by atoms with Crippen molar-refractivity contribution >= 4 is 10.1 Å². The molecule has 0 N–H and O–H groups in total. The van der Waals surface area contributed by atoms with Gasteiger partial charge < -0.3 is 0 Å². The van der Waals surface area contributed by atoms with E-state index in [1.54, 1.807) is 6.92 Å². The van der Waals surface area contributed by atoms with Gasteiger partial charge in [-0.3, -0.25) is 4.18 Å². The van der Waals surface area contributed by atoms with E-state index in [1.165, 1.54) is 24.3 Å². The lowest BCUT2D eigenvalue weighted by molar-refractivity contribution is -0.396. The molecule has 0 aliphatic carbocycles. The van der Waals surface area contributed by atoms with Gasteiger partial charge in [-0.1, -0.05) is 30.5 Å². The Balaban J connectivity index is 2.45. The molecule has 0 aliphatic rings. The first-order valence-electron chi connectivity index (χ1n) is 8.62. The van der Waals surface area contributed by atoms with Crippen molar-refractivity contribution in [2.24, 2.45) is 0 Å². The zero-order chi connectivity index (χ0) is 23.4. The molecule has 3 nitrogen and oxygen atoms in total. The minimum Gasteiger partial charge on any atom is -0.266 e. The summed E-state index contributed by atoms with van der Waals surface area (Å²) in [5.41, 5.74) is 0.810. The Bertz CT molecular complexity index is 788. The molecule has 0 bridgehead atoms. The third kappa shape index (κ3) is 6.02. The summed E-state index contributed by atoms with van der Waals surface area (Å²) in [6, 6.07) is 5.69. The maximum Gasteiger partial charge on any atom is 0.460 e. The molecule has 0 heterocycles. The monoisotopic (exact) mass is 474 g/mol. The van der Waals surface area contributed by atoms with Crippen LogP contribution in [-0.4, -0.2) is 39.0 Å². The van der Waals surface area contributed by atoms with Crippen molar-refractivity contribution in [2.45, 2.75) is 67.9 Å². The summed E-state index contributed by atoms with van der Waals surface area (Å²) in [7, 11) is -4.05. The normalized spacial score (nSPS) is 14.2. The second-order valence-corrected chi connectivity index (χ2v) is 8.22. The fourth-order valence-electron chi connectivity index (χ4n) is 2.31. The van der Waals surface area contributed by atoms with E-state index < -0.39 is 46.9 Å². The first kappa shape index (κ1) is 26.5. The van der Waals surface area contributed by atoms with E-state index in [2.05, 4.69) is 0 Å². The minimum atomic E-state index is -6.89. The van der Waals surface area contributed by atoms with E-state index in [0.717, 1.165) is 5.56 Å². The van der Waals surface area contributed by atoms with Crippen LogP contribution < -0.4 is 0 Å². The summed E-state index contributed by atoms with van der Waals surface area (Å²) in [6.07, 6.45) is -9.74. The van der Waals surface area contributed by atoms with Crippen LogP contribution in [0.5, 0.6) is 0 Å². The smallest absolute Gasteiger partial charge is 0.266 e. The van der Waals surface area contributed by atoms with Gasteiger partial charge >= 0.3 is 23.9 Å². The molecule has 0 fully saturated rings. The van der Waals surface area contributed by atoms with Crippen molar-refractivity contribution in [1.29, 1.82) is 0 Å². The predicted octanol–water partition coefficient (Wildman–Crippen LogP) is 6.12. The molecule has 1 aromatic rings. The molecule has 0 radical (unpaired) electrons. The third-order valence-electron chi connectivity index (χ3n) is 4.14. The maximum absolute atomic E-state index is 13.3. The standard InChI is InChI=1S/C17H19F9O3S/c1-12-6-8-13(9-7-12)30(27,28)29-11-5-3-2-4-10-14(18,19)15(20,21)16(22,23)17(24,25)26/h6-9H,2-5,10-11H2,1H3. The van der Waals surface area contributed by atoms with Crippen LogP contribution in [0, 0.1) is 6.92 Å². The molecule has 0 spiro atoms. The highest BCUT2D eigenvalue weighted by atomic mass is 32.2. The summed E-state index contributed by atoms with van der Waals surface area (Å²) < 4.78 is 143. The van der Waals surface area contributed by atoms with E-state index >= 15 is 0 Å². The molecule has 0 amide bonds. The van der Waals surface area contributed by atoms with Crippen LogP contribution in [0.1, 0.15) is 37.7 Å². The van der Waals surface area contributed by atoms with Crippen LogP contribution in [-0.2, 0) is 14.3 Å². The molecule has 0 aliphatic heterocycles. The van der Waals surface area contributed by atoms with Gasteiger partial charge in [0.15, 0.2) is 0 Å². The molecule has 30 heavy (non-hydrogen) atoms. The van der Waals surface area contributed by atoms with Crippen molar-refractivity contribution in [1.82, 2.24) is 0 Å². The van der Waals surface area contributed by atoms with E-state index in [4.69, 9.17) is 4.18 Å². The molecule has 0 aromatic heterocycles. The van der Waals surface area contributed by atoms with E-state index in [9.17, 15) is 47.9 Å². The molecule has 13 heteroatoms. The highest BCUT2D eigenvalue weighted by molar-refractivity contribution is 7.86. The fourth-order valence-corrected chi connectivity index (χ4v) is 3.25. The number of benzene rings is 1. The number of hydrogen-bond acceptors (Lipinski definition) is 3. The Kier molecular flexibility index (Phi) is 8.25. The van der Waals surface area contributed by atoms with Crippen LogP contribution in [0.15, 0.2) is 29.2 Å². The van der Waals surface area contributed by atoms with Crippen molar-refractivity contribution in [3.05, 3.63) is 29.8 Å². The molecule has 1 aromatic carbocycles. The van der Waals surface area contributed by atoms with Crippen molar-refractivity contribution in [3.8, 4) is 0 Å². The van der Waals surface area contributed by atoms with Gasteiger partial charge in [0.25, 0.3) is 10.1 Å². The highest BCUT2D eigenvalue weighted by Gasteiger charge is 2.81. The topological polar surface area (TPSA) is 43.4 Å². The Morgan fingerprint density at radius 2 is 1.27 bits per heavy atom. The summed E-state index contributed by atoms with van der Waals surface area (Å²) in [5.74, 6) is -19.1. The molecule has 1 rings (SSSR count). The number of aryl methyl sites for hydroxylation is 1. The Labute approximate surface area is 167 Å². The van der Waals surface area contributed by atoms with E-state index in [-0.39, 0.29) is 30.8 Å². The maximum atomic E-state index is 13.3. The summed E-state index contributed by atoms with van der Waals surface area (Å²) >= 11 is 0. The average Bonchev–Trinajstić information content (AvgIpc) is 2.59. The van der Waals surface area contributed by atoms with Gasteiger partial charge in [-0.15, -0.1) is 0 Å². The molecule has 0 saturated heterocycles. The van der Waals surface area contributed by atoms with E-state index in [1.807, 2.05) is 0 Å². The first-order chi connectivity index (χ1) is 13.5. The molecular weight excluding hydrogens is 455 g/mol. The third-order valence-corrected chi connectivity index (χ3v) is 5.47. The lowest BCUT2D eigenvalue weighted by Crippen LogP contribution is -2.60. The minimum absolute atomic E-state index is 0.000727. The van der Waals surface area contributed by atoms with Gasteiger partial charge in [0.1, 0.15) is 0 Å². The second kappa shape index (κ2) is 9.33. The van der Waals surface area contributed by atoms with Crippen LogP contribution in [0.3, 0.4) is 0 Å². The zero-order valence-electron chi connectivity index (χ0n) is 15.6. The van der Waals surface area contributed by atoms with Gasteiger partial charge in [0.2, 0.25) is 0 Å². The highest BCUT2D eigenvalue weighted by Crippen LogP contribution is 2.54. The number of halogens is 9. The predicted molar refractivity (Wildman–Crippen MR) is 88.3 cm³/mol. The van der Waals surface area contributed by atoms with Crippen molar-refractivity contribution in [2.75, 3.05) is 6.61 Å². The van der Waals surface area contributed by atoms with Gasteiger partial charge in [-0.25, -0.2) is 0 Å². The van der Waals surface area contributed by atoms with Crippen LogP contribution in [0.2, 0.25) is 0 Å². The van der Waals surface area contributed by atoms with Gasteiger partial charge in [-0.05, 0) is 31.9 Å². The Morgan fingerprint density at radius 3 is 1.77 bits per heavy atom. The number of hydrogen-bond donors (Lipinski definition) is 0. The number of alkyl halides is 9. The fraction of sp³-hybridized carbons (Fsp3) is 0.647. The first-order valence-corrected chi connectivity index (χ1v) is 10.0. The van der Waals surface area contributed by atoms with Gasteiger partial charge in [0.05, 0.1) is 11.5 Å². The van der Waals surface area contributed by atoms with Gasteiger partial charge in [0, 0.05) is 6.42 Å². The lowest BCUT2D eigenvalue weighted by atomic mass is 9.98. The SMILES string of the molecule is Cc1ccc(S(=O)(=O)OCCCCCCC(F)(F)C(F)(F)C(F)(F)C(F)(F)F)cc1. The quantitative estimate of drug-likeness (QED) is 0.221. The average molecular weight is 474 g/mol. The van der Waals surface area contributed by atoms with Crippen LogP contribution in [0.4, 0.5) is 39.5 Å². The molecule has 0 unspecified atom stereocenters. The Morgan fingerprint density at radius 1 is 0.767 bits per heavy atom. The molecule has 0 atom stereocenters. The van der Waals surface area contributed by atoms with Gasteiger partial charge in [-0.2, -0.15) is 47.9 Å². The molecule has 0 saturated carbocycles. The van der Waals surface area contributed by atoms with Crippen molar-refractivity contribution in [3.63, 3.8) is 0 Å². The molecular formula is C17H19F9O3S. The van der Waals surface area contributed by atoms with Crippen LogP contribution >= 0.6 is 0 Å². The van der Waals surface area contributed by atoms with Crippen LogP contribution in [0.25, 0.3) is 0 Å². The Hall–Kier alpha value is -1.50. The lowest BCUT2D eigenvalue weighted by Gasteiger charge is -2.33. The molecule has 174 valence electrons. The van der Waals surface area contributed by atoms with Crippen molar-refractivity contribution < 1.29 is 52.1 Å². The number of rotatable bonds is 11. The zero-order valence-corrected chi connectivity index (χ0v) is 16.4. The second-order valence-electron chi connectivity index (χ2n) is 6.60.